The van der Waals surface area contributed by atoms with Gasteiger partial charge in [0.15, 0.2) is 5.78 Å². The van der Waals surface area contributed by atoms with E-state index in [-0.39, 0.29) is 21.6 Å². The van der Waals surface area contributed by atoms with Crippen molar-refractivity contribution in [1.29, 1.82) is 0 Å². The maximum absolute atomic E-state index is 13.5. The molecule has 3 nitrogen and oxygen atoms in total. The number of ether oxygens (including phenoxy) is 2. The van der Waals surface area contributed by atoms with Crippen LogP contribution in [0.1, 0.15) is 15.9 Å². The lowest BCUT2D eigenvalue weighted by atomic mass is 10.0. The Kier molecular flexibility index (Phi) is 4.39. The third kappa shape index (κ3) is 2.82. The molecule has 0 saturated heterocycles. The molecule has 0 aromatic heterocycles. The summed E-state index contributed by atoms with van der Waals surface area (Å²) in [5.74, 6) is 0.0278. The summed E-state index contributed by atoms with van der Waals surface area (Å²) in [4.78, 5) is 12.5. The Hall–Kier alpha value is -1.88. The van der Waals surface area contributed by atoms with Crippen LogP contribution in [0, 0.1) is 5.82 Å². The summed E-state index contributed by atoms with van der Waals surface area (Å²) in [6.07, 6.45) is 0. The number of carbonyl (C=O) groups is 1. The van der Waals surface area contributed by atoms with E-state index in [1.165, 1.54) is 26.4 Å². The Morgan fingerprint density at radius 2 is 1.90 bits per heavy atom. The summed E-state index contributed by atoms with van der Waals surface area (Å²) >= 11 is 3.07. The van der Waals surface area contributed by atoms with Crippen molar-refractivity contribution < 1.29 is 18.7 Å². The molecule has 0 amide bonds. The first kappa shape index (κ1) is 14.5. The second-order valence-electron chi connectivity index (χ2n) is 4.03. The summed E-state index contributed by atoms with van der Waals surface area (Å²) in [6.45, 7) is 0. The number of halogens is 2. The van der Waals surface area contributed by atoms with Crippen molar-refractivity contribution in [3.8, 4) is 11.5 Å². The number of ketones is 1. The van der Waals surface area contributed by atoms with Crippen LogP contribution in [0.2, 0.25) is 0 Å². The maximum Gasteiger partial charge on any atom is 0.196 e. The van der Waals surface area contributed by atoms with Crippen molar-refractivity contribution in [2.75, 3.05) is 14.2 Å². The third-order valence-electron chi connectivity index (χ3n) is 2.82. The van der Waals surface area contributed by atoms with Gasteiger partial charge in [-0.2, -0.15) is 0 Å². The Labute approximate surface area is 124 Å². The second kappa shape index (κ2) is 6.05. The summed E-state index contributed by atoms with van der Waals surface area (Å²) in [7, 11) is 2.92. The number of rotatable bonds is 4. The number of methoxy groups -OCH3 is 2. The van der Waals surface area contributed by atoms with Gasteiger partial charge in [0.1, 0.15) is 17.3 Å². The molecule has 2 aromatic rings. The number of hydrogen-bond donors (Lipinski definition) is 0. The first-order valence-corrected chi connectivity index (χ1v) is 6.58. The van der Waals surface area contributed by atoms with Gasteiger partial charge in [0.25, 0.3) is 0 Å². The van der Waals surface area contributed by atoms with Gasteiger partial charge in [-0.3, -0.25) is 4.79 Å². The highest BCUT2D eigenvalue weighted by Gasteiger charge is 2.17. The largest absolute Gasteiger partial charge is 0.497 e. The van der Waals surface area contributed by atoms with Gasteiger partial charge in [-0.15, -0.1) is 0 Å². The molecule has 0 saturated carbocycles. The zero-order chi connectivity index (χ0) is 14.7. The van der Waals surface area contributed by atoms with Crippen LogP contribution in [0.15, 0.2) is 40.9 Å². The van der Waals surface area contributed by atoms with Crippen LogP contribution in [0.25, 0.3) is 0 Å². The van der Waals surface area contributed by atoms with E-state index in [0.29, 0.717) is 11.3 Å². The Bertz CT molecular complexity index is 656. The van der Waals surface area contributed by atoms with E-state index in [0.717, 1.165) is 0 Å². The molecule has 0 radical (unpaired) electrons. The molecule has 0 aliphatic rings. The van der Waals surface area contributed by atoms with Gasteiger partial charge in [0, 0.05) is 11.6 Å². The van der Waals surface area contributed by atoms with E-state index in [1.54, 1.807) is 24.3 Å². The van der Waals surface area contributed by atoms with Crippen molar-refractivity contribution in [2.24, 2.45) is 0 Å². The van der Waals surface area contributed by atoms with Gasteiger partial charge < -0.3 is 9.47 Å². The van der Waals surface area contributed by atoms with Gasteiger partial charge in [0.2, 0.25) is 0 Å². The van der Waals surface area contributed by atoms with Crippen molar-refractivity contribution in [1.82, 2.24) is 0 Å². The minimum atomic E-state index is -0.482. The molecule has 0 aliphatic carbocycles. The fourth-order valence-electron chi connectivity index (χ4n) is 1.79. The lowest BCUT2D eigenvalue weighted by Crippen LogP contribution is -2.05. The zero-order valence-corrected chi connectivity index (χ0v) is 12.5. The van der Waals surface area contributed by atoms with E-state index in [4.69, 9.17) is 9.47 Å². The maximum atomic E-state index is 13.5. The predicted octanol–water partition coefficient (Wildman–Crippen LogP) is 3.84. The smallest absolute Gasteiger partial charge is 0.196 e. The first-order valence-electron chi connectivity index (χ1n) is 5.78. The van der Waals surface area contributed by atoms with Crippen LogP contribution >= 0.6 is 15.9 Å². The monoisotopic (exact) mass is 338 g/mol. The predicted molar refractivity (Wildman–Crippen MR) is 77.1 cm³/mol. The van der Waals surface area contributed by atoms with Crippen LogP contribution in [0.3, 0.4) is 0 Å². The Morgan fingerprint density at radius 1 is 1.15 bits per heavy atom. The molecule has 0 unspecified atom stereocenters. The van der Waals surface area contributed by atoms with E-state index >= 15 is 0 Å². The highest BCUT2D eigenvalue weighted by molar-refractivity contribution is 9.10. The highest BCUT2D eigenvalue weighted by Crippen LogP contribution is 2.29. The molecule has 0 N–H and O–H groups in total. The summed E-state index contributed by atoms with van der Waals surface area (Å²) in [5.41, 5.74) is 0.732. The zero-order valence-electron chi connectivity index (χ0n) is 10.9. The molecule has 104 valence electrons. The molecule has 0 aliphatic heterocycles. The molecule has 20 heavy (non-hydrogen) atoms. The van der Waals surface area contributed by atoms with Gasteiger partial charge in [-0.05, 0) is 34.1 Å². The molecule has 0 heterocycles. The van der Waals surface area contributed by atoms with Gasteiger partial charge >= 0.3 is 0 Å². The number of hydrogen-bond acceptors (Lipinski definition) is 3. The topological polar surface area (TPSA) is 35.5 Å². The Morgan fingerprint density at radius 3 is 2.55 bits per heavy atom. The molecule has 2 rings (SSSR count). The van der Waals surface area contributed by atoms with E-state index in [2.05, 4.69) is 15.9 Å². The normalized spacial score (nSPS) is 10.2. The van der Waals surface area contributed by atoms with Gasteiger partial charge in [-0.1, -0.05) is 12.1 Å². The van der Waals surface area contributed by atoms with Crippen LogP contribution in [0.4, 0.5) is 4.39 Å². The molecular weight excluding hydrogens is 327 g/mol. The van der Waals surface area contributed by atoms with Crippen molar-refractivity contribution in [3.63, 3.8) is 0 Å². The molecule has 5 heteroatoms. The van der Waals surface area contributed by atoms with Crippen molar-refractivity contribution in [2.45, 2.75) is 0 Å². The minimum Gasteiger partial charge on any atom is -0.497 e. The van der Waals surface area contributed by atoms with Crippen LogP contribution in [0.5, 0.6) is 11.5 Å². The SMILES string of the molecule is COc1cccc(C(=O)c2cc(Br)c(F)cc2OC)c1. The summed E-state index contributed by atoms with van der Waals surface area (Å²) in [6, 6.07) is 9.35. The van der Waals surface area contributed by atoms with Crippen LogP contribution in [-0.4, -0.2) is 20.0 Å². The van der Waals surface area contributed by atoms with Gasteiger partial charge in [-0.25, -0.2) is 4.39 Å². The highest BCUT2D eigenvalue weighted by atomic mass is 79.9. The molecule has 0 spiro atoms. The standard InChI is InChI=1S/C15H12BrFO3/c1-19-10-5-3-4-9(6-10)15(18)11-7-12(16)13(17)8-14(11)20-2/h3-8H,1-2H3. The summed E-state index contributed by atoms with van der Waals surface area (Å²) < 4.78 is 23.8. The van der Waals surface area contributed by atoms with Crippen LogP contribution in [-0.2, 0) is 0 Å². The molecule has 0 atom stereocenters. The lowest BCUT2D eigenvalue weighted by molar-refractivity contribution is 0.103. The summed E-state index contributed by atoms with van der Waals surface area (Å²) in [5, 5.41) is 0. The number of carbonyl (C=O) groups excluding carboxylic acids is 1. The van der Waals surface area contributed by atoms with Crippen molar-refractivity contribution >= 4 is 21.7 Å². The van der Waals surface area contributed by atoms with Crippen LogP contribution < -0.4 is 9.47 Å². The average molecular weight is 339 g/mol. The average Bonchev–Trinajstić information content (AvgIpc) is 2.48. The molecule has 0 bridgehead atoms. The van der Waals surface area contributed by atoms with E-state index in [9.17, 15) is 9.18 Å². The lowest BCUT2D eigenvalue weighted by Gasteiger charge is -2.10. The molecular formula is C15H12BrFO3. The van der Waals surface area contributed by atoms with E-state index in [1.807, 2.05) is 0 Å². The fraction of sp³-hybridized carbons (Fsp3) is 0.133. The van der Waals surface area contributed by atoms with Gasteiger partial charge in [0.05, 0.1) is 24.3 Å². The van der Waals surface area contributed by atoms with Crippen molar-refractivity contribution in [3.05, 3.63) is 57.8 Å². The Balaban J connectivity index is 2.49. The number of benzene rings is 2. The molecule has 2 aromatic carbocycles. The minimum absolute atomic E-state index is 0.193. The second-order valence-corrected chi connectivity index (χ2v) is 4.88. The first-order chi connectivity index (χ1) is 9.56. The quantitative estimate of drug-likeness (QED) is 0.794. The molecule has 0 fully saturated rings. The fourth-order valence-corrected chi connectivity index (χ4v) is 2.14. The third-order valence-corrected chi connectivity index (χ3v) is 3.43. The van der Waals surface area contributed by atoms with E-state index < -0.39 is 5.82 Å².